The fraction of sp³-hybridized carbons (Fsp3) is 0.875. The van der Waals surface area contributed by atoms with Crippen LogP contribution in [0.3, 0.4) is 0 Å². The van der Waals surface area contributed by atoms with Gasteiger partial charge in [0.1, 0.15) is 18.2 Å². The largest absolute Gasteiger partial charge is 0.476 e. The first kappa shape index (κ1) is 20.6. The second kappa shape index (κ2) is 6.82. The molecule has 0 spiro atoms. The van der Waals surface area contributed by atoms with E-state index >= 15 is 0 Å². The molecule has 8 N–H and O–H groups in total. The van der Waals surface area contributed by atoms with Crippen LogP contribution in [-0.4, -0.2) is 77.5 Å². The molecule has 1 aliphatic rings. The smallest absolute Gasteiger partial charge is 0.393 e. The van der Waals surface area contributed by atoms with Gasteiger partial charge in [0.15, 0.2) is 6.29 Å². The number of hydrogen-bond acceptors (Lipinski definition) is 9. The van der Waals surface area contributed by atoms with E-state index in [0.29, 0.717) is 0 Å². The standard InChI is InChI=1S/C8H17NO12P2/c1-3(11)9-4-5(12)6(13)8(2-10,20-7(4)14)22(15,16)21-23(17,18)19/h4-7,10,12-14H,2H2,1H3,(H,9,11)(H,15,16)(H2,17,18,19)/t4-,5-,6+,7?,8+/m1/s1. The van der Waals surface area contributed by atoms with Gasteiger partial charge in [-0.3, -0.25) is 9.36 Å². The van der Waals surface area contributed by atoms with Crippen LogP contribution in [0.25, 0.3) is 0 Å². The van der Waals surface area contributed by atoms with E-state index in [1.807, 2.05) is 5.32 Å². The summed E-state index contributed by atoms with van der Waals surface area (Å²) in [5, 5.41) is 37.7. The zero-order valence-electron chi connectivity index (χ0n) is 11.6. The molecule has 0 bridgehead atoms. The molecule has 1 fully saturated rings. The number of ether oxygens (including phenoxy) is 1. The number of hydrogen-bond donors (Lipinski definition) is 8. The molecule has 1 aliphatic heterocycles. The van der Waals surface area contributed by atoms with E-state index in [9.17, 15) is 39.2 Å². The van der Waals surface area contributed by atoms with Crippen molar-refractivity contribution in [2.24, 2.45) is 0 Å². The highest BCUT2D eigenvalue weighted by atomic mass is 31.3. The molecule has 23 heavy (non-hydrogen) atoms. The second-order valence-electron chi connectivity index (χ2n) is 4.77. The fourth-order valence-electron chi connectivity index (χ4n) is 2.04. The first-order valence-corrected chi connectivity index (χ1v) is 9.08. The molecule has 1 heterocycles. The second-order valence-corrected chi connectivity index (χ2v) is 8.20. The van der Waals surface area contributed by atoms with E-state index in [0.717, 1.165) is 6.92 Å². The van der Waals surface area contributed by atoms with Crippen LogP contribution in [-0.2, 0) is 23.0 Å². The molecule has 0 aliphatic carbocycles. The Morgan fingerprint density at radius 1 is 1.26 bits per heavy atom. The summed E-state index contributed by atoms with van der Waals surface area (Å²) in [6.45, 7) is -0.545. The third kappa shape index (κ3) is 4.16. The minimum absolute atomic E-state index is 0.751. The molecule has 1 saturated heterocycles. The number of nitrogens with one attached hydrogen (secondary N) is 1. The van der Waals surface area contributed by atoms with Gasteiger partial charge in [0, 0.05) is 6.92 Å². The summed E-state index contributed by atoms with van der Waals surface area (Å²) in [5.41, 5.74) is 0. The lowest BCUT2D eigenvalue weighted by Gasteiger charge is -2.48. The Kier molecular flexibility index (Phi) is 6.12. The van der Waals surface area contributed by atoms with E-state index in [1.54, 1.807) is 0 Å². The Morgan fingerprint density at radius 3 is 2.17 bits per heavy atom. The first-order chi connectivity index (χ1) is 10.3. The number of carbonyl (C=O) groups excluding carboxylic acids is 1. The lowest BCUT2D eigenvalue weighted by molar-refractivity contribution is -0.275. The van der Waals surface area contributed by atoms with Crippen molar-refractivity contribution in [3.8, 4) is 0 Å². The minimum Gasteiger partial charge on any atom is -0.393 e. The highest BCUT2D eigenvalue weighted by Crippen LogP contribution is 2.67. The van der Waals surface area contributed by atoms with E-state index in [2.05, 4.69) is 9.05 Å². The van der Waals surface area contributed by atoms with Crippen molar-refractivity contribution >= 4 is 21.3 Å². The van der Waals surface area contributed by atoms with Crippen molar-refractivity contribution in [1.82, 2.24) is 5.32 Å². The van der Waals surface area contributed by atoms with Crippen LogP contribution >= 0.6 is 15.4 Å². The lowest BCUT2D eigenvalue weighted by atomic mass is 9.96. The number of rotatable bonds is 5. The zero-order chi connectivity index (χ0) is 18.2. The SMILES string of the molecule is CC(=O)N[C@H]1C(O)O[C@@](CO)(P(=O)(O)OP(=O)(O)O)[C@@H](O)[C@@H]1O. The van der Waals surface area contributed by atoms with Gasteiger partial charge in [-0.25, -0.2) is 8.88 Å². The van der Waals surface area contributed by atoms with Gasteiger partial charge in [-0.15, -0.1) is 0 Å². The van der Waals surface area contributed by atoms with Gasteiger partial charge in [-0.05, 0) is 0 Å². The van der Waals surface area contributed by atoms with Crippen molar-refractivity contribution in [3.63, 3.8) is 0 Å². The van der Waals surface area contributed by atoms with Crippen LogP contribution in [0.5, 0.6) is 0 Å². The van der Waals surface area contributed by atoms with Gasteiger partial charge in [0.05, 0.1) is 6.61 Å². The summed E-state index contributed by atoms with van der Waals surface area (Å²) in [7, 11) is -11.2. The van der Waals surface area contributed by atoms with Crippen molar-refractivity contribution in [3.05, 3.63) is 0 Å². The average molecular weight is 381 g/mol. The molecule has 1 amide bonds. The molecule has 0 aromatic carbocycles. The van der Waals surface area contributed by atoms with E-state index < -0.39 is 57.8 Å². The Balaban J connectivity index is 3.25. The maximum Gasteiger partial charge on any atom is 0.476 e. The Labute approximate surface area is 129 Å². The number of aliphatic hydroxyl groups excluding tert-OH is 4. The van der Waals surface area contributed by atoms with E-state index in [1.165, 1.54) is 0 Å². The zero-order valence-corrected chi connectivity index (χ0v) is 13.4. The highest BCUT2D eigenvalue weighted by molar-refractivity contribution is 7.64. The number of aliphatic hydroxyl groups is 4. The van der Waals surface area contributed by atoms with Crippen LogP contribution in [0, 0.1) is 0 Å². The van der Waals surface area contributed by atoms with Crippen LogP contribution < -0.4 is 5.32 Å². The predicted octanol–water partition coefficient (Wildman–Crippen LogP) is -3.46. The molecule has 0 aromatic heterocycles. The van der Waals surface area contributed by atoms with Crippen molar-refractivity contribution in [2.45, 2.75) is 36.8 Å². The molecule has 13 nitrogen and oxygen atoms in total. The van der Waals surface area contributed by atoms with Crippen LogP contribution in [0.4, 0.5) is 0 Å². The van der Waals surface area contributed by atoms with Crippen LogP contribution in [0.15, 0.2) is 0 Å². The highest BCUT2D eigenvalue weighted by Gasteiger charge is 2.65. The molecule has 136 valence electrons. The summed E-state index contributed by atoms with van der Waals surface area (Å²) in [6, 6.07) is -1.64. The van der Waals surface area contributed by atoms with Gasteiger partial charge < -0.3 is 45.2 Å². The molecule has 0 radical (unpaired) electrons. The molecule has 2 unspecified atom stereocenters. The number of phosphoric acid groups is 1. The maximum absolute atomic E-state index is 12.1. The Bertz CT molecular complexity index is 549. The predicted molar refractivity (Wildman–Crippen MR) is 69.5 cm³/mol. The third-order valence-corrected chi connectivity index (χ3v) is 6.28. The molecule has 6 atom stereocenters. The first-order valence-electron chi connectivity index (χ1n) is 5.97. The van der Waals surface area contributed by atoms with Gasteiger partial charge >= 0.3 is 15.4 Å². The lowest BCUT2D eigenvalue weighted by Crippen LogP contribution is -2.69. The molecule has 0 aromatic rings. The van der Waals surface area contributed by atoms with Gasteiger partial charge in [-0.2, -0.15) is 0 Å². The molecular formula is C8H17NO12P2. The summed E-state index contributed by atoms with van der Waals surface area (Å²) < 4.78 is 31.1. The van der Waals surface area contributed by atoms with Gasteiger partial charge in [-0.1, -0.05) is 0 Å². The normalized spacial score (nSPS) is 37.9. The Morgan fingerprint density at radius 2 is 1.78 bits per heavy atom. The monoisotopic (exact) mass is 381 g/mol. The quantitative estimate of drug-likeness (QED) is 0.218. The molecule has 15 heteroatoms. The van der Waals surface area contributed by atoms with Gasteiger partial charge in [0.25, 0.3) is 0 Å². The number of amides is 1. The molecule has 0 saturated carbocycles. The van der Waals surface area contributed by atoms with Crippen LogP contribution in [0.1, 0.15) is 6.92 Å². The Hall–Kier alpha value is -0.430. The third-order valence-electron chi connectivity index (χ3n) is 3.08. The minimum atomic E-state index is -5.63. The maximum atomic E-state index is 12.1. The summed E-state index contributed by atoms with van der Waals surface area (Å²) in [5.74, 6) is -0.751. The van der Waals surface area contributed by atoms with Crippen molar-refractivity contribution < 1.29 is 58.1 Å². The van der Waals surface area contributed by atoms with Crippen molar-refractivity contribution in [2.75, 3.05) is 6.61 Å². The summed E-state index contributed by atoms with van der Waals surface area (Å²) in [4.78, 5) is 37.9. The number of carbonyl (C=O) groups is 1. The molecular weight excluding hydrogens is 364 g/mol. The van der Waals surface area contributed by atoms with E-state index in [4.69, 9.17) is 9.79 Å². The van der Waals surface area contributed by atoms with Crippen LogP contribution in [0.2, 0.25) is 0 Å². The average Bonchev–Trinajstić information content (AvgIpc) is 2.35. The summed E-state index contributed by atoms with van der Waals surface area (Å²) in [6.07, 6.45) is -6.78. The van der Waals surface area contributed by atoms with Crippen molar-refractivity contribution in [1.29, 1.82) is 0 Å². The fourth-order valence-corrected chi connectivity index (χ4v) is 4.66. The van der Waals surface area contributed by atoms with Gasteiger partial charge in [0.2, 0.25) is 11.2 Å². The topological polar surface area (TPSA) is 223 Å². The molecule has 1 rings (SSSR count). The summed E-state index contributed by atoms with van der Waals surface area (Å²) >= 11 is 0. The van der Waals surface area contributed by atoms with E-state index in [-0.39, 0.29) is 0 Å².